The van der Waals surface area contributed by atoms with Crippen molar-refractivity contribution in [3.05, 3.63) is 0 Å². The van der Waals surface area contributed by atoms with Crippen molar-refractivity contribution in [3.8, 4) is 0 Å². The van der Waals surface area contributed by atoms with Crippen LogP contribution in [0.4, 0.5) is 0 Å². The first kappa shape index (κ1) is 10.4. The lowest BCUT2D eigenvalue weighted by Gasteiger charge is -2.47. The number of hydrogen-bond acceptors (Lipinski definition) is 2. The molecule has 1 aliphatic heterocycles. The highest BCUT2D eigenvalue weighted by molar-refractivity contribution is 4.94. The Balaban J connectivity index is 2.01. The zero-order chi connectivity index (χ0) is 10.0. The van der Waals surface area contributed by atoms with E-state index in [9.17, 15) is 0 Å². The fraction of sp³-hybridized carbons (Fsp3) is 1.00. The fourth-order valence-electron chi connectivity index (χ4n) is 2.82. The van der Waals surface area contributed by atoms with Crippen LogP contribution in [0.15, 0.2) is 0 Å². The Hall–Kier alpha value is -0.0800. The van der Waals surface area contributed by atoms with Crippen LogP contribution in [0.1, 0.15) is 52.4 Å². The maximum Gasteiger partial charge on any atom is 0.0805 e. The molecule has 2 nitrogen and oxygen atoms in total. The molecule has 2 heteroatoms. The van der Waals surface area contributed by atoms with Gasteiger partial charge in [0.05, 0.1) is 11.7 Å². The third kappa shape index (κ3) is 1.82. The standard InChI is InChI=1S/C12H23NO/c1-3-12(4-2)9-13-10-7-5-6-8-11(10)14-12/h10-11,13H,3-9H2,1-2H3. The summed E-state index contributed by atoms with van der Waals surface area (Å²) in [6, 6.07) is 0.648. The van der Waals surface area contributed by atoms with E-state index in [0.29, 0.717) is 12.1 Å². The minimum absolute atomic E-state index is 0.137. The molecule has 1 saturated heterocycles. The Morgan fingerprint density at radius 3 is 2.64 bits per heavy atom. The van der Waals surface area contributed by atoms with Crippen molar-refractivity contribution >= 4 is 0 Å². The lowest BCUT2D eigenvalue weighted by atomic mass is 9.86. The van der Waals surface area contributed by atoms with Crippen LogP contribution in [0, 0.1) is 0 Å². The highest BCUT2D eigenvalue weighted by Crippen LogP contribution is 2.32. The van der Waals surface area contributed by atoms with E-state index in [1.165, 1.54) is 25.7 Å². The Bertz CT molecular complexity index is 189. The zero-order valence-corrected chi connectivity index (χ0v) is 9.51. The van der Waals surface area contributed by atoms with Crippen molar-refractivity contribution in [2.24, 2.45) is 0 Å². The summed E-state index contributed by atoms with van der Waals surface area (Å²) in [7, 11) is 0. The summed E-state index contributed by atoms with van der Waals surface area (Å²) in [6.45, 7) is 5.55. The van der Waals surface area contributed by atoms with Crippen molar-refractivity contribution in [2.45, 2.75) is 70.1 Å². The van der Waals surface area contributed by atoms with Gasteiger partial charge < -0.3 is 10.1 Å². The molecule has 2 aliphatic rings. The molecule has 1 aliphatic carbocycles. The highest BCUT2D eigenvalue weighted by Gasteiger charge is 2.39. The molecule has 1 saturated carbocycles. The molecular weight excluding hydrogens is 174 g/mol. The molecule has 2 unspecified atom stereocenters. The Morgan fingerprint density at radius 2 is 1.93 bits per heavy atom. The van der Waals surface area contributed by atoms with Gasteiger partial charge in [-0.25, -0.2) is 0 Å². The van der Waals surface area contributed by atoms with Crippen molar-refractivity contribution in [2.75, 3.05) is 6.54 Å². The molecule has 0 amide bonds. The van der Waals surface area contributed by atoms with Gasteiger partial charge in [0.2, 0.25) is 0 Å². The molecule has 82 valence electrons. The van der Waals surface area contributed by atoms with Crippen LogP contribution < -0.4 is 5.32 Å². The second kappa shape index (κ2) is 4.19. The summed E-state index contributed by atoms with van der Waals surface area (Å²) >= 11 is 0. The summed E-state index contributed by atoms with van der Waals surface area (Å²) in [5.41, 5.74) is 0.137. The van der Waals surface area contributed by atoms with Gasteiger partial charge in [-0.15, -0.1) is 0 Å². The molecule has 1 heterocycles. The summed E-state index contributed by atoms with van der Waals surface area (Å²) in [5.74, 6) is 0. The second-order valence-electron chi connectivity index (χ2n) is 4.82. The van der Waals surface area contributed by atoms with Crippen LogP contribution in [0.5, 0.6) is 0 Å². The smallest absolute Gasteiger partial charge is 0.0805 e. The average Bonchev–Trinajstić information content (AvgIpc) is 2.28. The molecule has 0 bridgehead atoms. The molecule has 0 aromatic heterocycles. The molecule has 0 aromatic rings. The van der Waals surface area contributed by atoms with Gasteiger partial charge in [-0.05, 0) is 25.7 Å². The Morgan fingerprint density at radius 1 is 1.21 bits per heavy atom. The van der Waals surface area contributed by atoms with E-state index >= 15 is 0 Å². The third-order valence-electron chi connectivity index (χ3n) is 4.08. The fourth-order valence-corrected chi connectivity index (χ4v) is 2.82. The molecule has 14 heavy (non-hydrogen) atoms. The van der Waals surface area contributed by atoms with Crippen molar-refractivity contribution < 1.29 is 4.74 Å². The van der Waals surface area contributed by atoms with Gasteiger partial charge >= 0.3 is 0 Å². The number of hydrogen-bond donors (Lipinski definition) is 1. The van der Waals surface area contributed by atoms with Gasteiger partial charge in [0.25, 0.3) is 0 Å². The summed E-state index contributed by atoms with van der Waals surface area (Å²) < 4.78 is 6.31. The average molecular weight is 197 g/mol. The van der Waals surface area contributed by atoms with Crippen LogP contribution >= 0.6 is 0 Å². The summed E-state index contributed by atoms with van der Waals surface area (Å²) in [5, 5.41) is 3.69. The third-order valence-corrected chi connectivity index (χ3v) is 4.08. The van der Waals surface area contributed by atoms with E-state index in [1.807, 2.05) is 0 Å². The van der Waals surface area contributed by atoms with Gasteiger partial charge in [0.15, 0.2) is 0 Å². The lowest BCUT2D eigenvalue weighted by Crippen LogP contribution is -2.59. The Kier molecular flexibility index (Phi) is 3.13. The normalized spacial score (nSPS) is 36.4. The lowest BCUT2D eigenvalue weighted by molar-refractivity contribution is -0.148. The van der Waals surface area contributed by atoms with E-state index in [2.05, 4.69) is 19.2 Å². The SMILES string of the molecule is CCC1(CC)CNC2CCCCC2O1. The number of rotatable bonds is 2. The summed E-state index contributed by atoms with van der Waals surface area (Å²) in [4.78, 5) is 0. The van der Waals surface area contributed by atoms with Crippen molar-refractivity contribution in [3.63, 3.8) is 0 Å². The van der Waals surface area contributed by atoms with Crippen LogP contribution in [-0.4, -0.2) is 24.3 Å². The molecule has 0 aromatic carbocycles. The topological polar surface area (TPSA) is 21.3 Å². The van der Waals surface area contributed by atoms with E-state index in [4.69, 9.17) is 4.74 Å². The van der Waals surface area contributed by atoms with E-state index in [0.717, 1.165) is 19.4 Å². The molecule has 0 radical (unpaired) electrons. The van der Waals surface area contributed by atoms with Gasteiger partial charge in [0, 0.05) is 12.6 Å². The maximum atomic E-state index is 6.31. The number of morpholine rings is 1. The van der Waals surface area contributed by atoms with E-state index in [1.54, 1.807) is 0 Å². The Labute approximate surface area is 87.4 Å². The van der Waals surface area contributed by atoms with Gasteiger partial charge in [-0.3, -0.25) is 0 Å². The molecule has 1 N–H and O–H groups in total. The first-order valence-corrected chi connectivity index (χ1v) is 6.21. The first-order chi connectivity index (χ1) is 6.79. The molecule has 0 spiro atoms. The number of ether oxygens (including phenoxy) is 1. The van der Waals surface area contributed by atoms with Crippen LogP contribution in [0.3, 0.4) is 0 Å². The molecule has 2 atom stereocenters. The van der Waals surface area contributed by atoms with Gasteiger partial charge in [0.1, 0.15) is 0 Å². The van der Waals surface area contributed by atoms with Crippen LogP contribution in [-0.2, 0) is 4.74 Å². The van der Waals surface area contributed by atoms with Crippen LogP contribution in [0.25, 0.3) is 0 Å². The van der Waals surface area contributed by atoms with Crippen LogP contribution in [0.2, 0.25) is 0 Å². The molecule has 2 fully saturated rings. The number of fused-ring (bicyclic) bond motifs is 1. The monoisotopic (exact) mass is 197 g/mol. The van der Waals surface area contributed by atoms with Gasteiger partial charge in [-0.2, -0.15) is 0 Å². The predicted octanol–water partition coefficient (Wildman–Crippen LogP) is 2.48. The minimum atomic E-state index is 0.137. The van der Waals surface area contributed by atoms with E-state index in [-0.39, 0.29) is 5.60 Å². The predicted molar refractivity (Wildman–Crippen MR) is 58.4 cm³/mol. The highest BCUT2D eigenvalue weighted by atomic mass is 16.5. The van der Waals surface area contributed by atoms with Crippen molar-refractivity contribution in [1.82, 2.24) is 5.32 Å². The van der Waals surface area contributed by atoms with E-state index < -0.39 is 0 Å². The molecular formula is C12H23NO. The maximum absolute atomic E-state index is 6.31. The largest absolute Gasteiger partial charge is 0.369 e. The first-order valence-electron chi connectivity index (χ1n) is 6.21. The van der Waals surface area contributed by atoms with Crippen molar-refractivity contribution in [1.29, 1.82) is 0 Å². The summed E-state index contributed by atoms with van der Waals surface area (Å²) in [6.07, 6.45) is 8.08. The molecule has 2 rings (SSSR count). The number of nitrogens with one attached hydrogen (secondary N) is 1. The quantitative estimate of drug-likeness (QED) is 0.734. The second-order valence-corrected chi connectivity index (χ2v) is 4.82. The zero-order valence-electron chi connectivity index (χ0n) is 9.51. The van der Waals surface area contributed by atoms with Gasteiger partial charge in [-0.1, -0.05) is 26.7 Å². The minimum Gasteiger partial charge on any atom is -0.369 e.